The van der Waals surface area contributed by atoms with Gasteiger partial charge in [0.1, 0.15) is 11.2 Å². The van der Waals surface area contributed by atoms with Crippen molar-refractivity contribution in [1.82, 2.24) is 19.5 Å². The van der Waals surface area contributed by atoms with Crippen molar-refractivity contribution in [3.63, 3.8) is 0 Å². The standard InChI is InChI=1S/C51H30N4OS/c1-3-12-31(13-4-1)49-52-50(33-22-25-38-37-16-7-9-20-43(37)55(44(38)29-33)35-14-5-2-6-15-35)54-51(53-49)34-23-26-39-42-28-32(24-27-45(42)56-46(39)30-34)36-18-11-19-41-40-17-8-10-21-47(40)57-48(36)41/h1-30H. The summed E-state index contributed by atoms with van der Waals surface area (Å²) in [6.07, 6.45) is 0. The molecular formula is C51H30N4OS. The first kappa shape index (κ1) is 31.9. The number of benzene rings is 8. The van der Waals surface area contributed by atoms with Crippen molar-refractivity contribution in [1.29, 1.82) is 0 Å². The van der Waals surface area contributed by atoms with Crippen molar-refractivity contribution in [2.45, 2.75) is 0 Å². The molecule has 0 spiro atoms. The van der Waals surface area contributed by atoms with Gasteiger partial charge in [0.2, 0.25) is 0 Å². The van der Waals surface area contributed by atoms with Gasteiger partial charge in [0.15, 0.2) is 17.5 Å². The maximum Gasteiger partial charge on any atom is 0.164 e. The summed E-state index contributed by atoms with van der Waals surface area (Å²) in [6.45, 7) is 0. The fourth-order valence-electron chi connectivity index (χ4n) is 8.37. The number of furan rings is 1. The molecule has 4 aromatic heterocycles. The normalized spacial score (nSPS) is 11.9. The van der Waals surface area contributed by atoms with Gasteiger partial charge in [0.25, 0.3) is 0 Å². The molecule has 0 aliphatic heterocycles. The zero-order chi connectivity index (χ0) is 37.5. The predicted molar refractivity (Wildman–Crippen MR) is 236 cm³/mol. The Balaban J connectivity index is 1.00. The highest BCUT2D eigenvalue weighted by Crippen LogP contribution is 2.42. The van der Waals surface area contributed by atoms with Crippen LogP contribution >= 0.6 is 11.3 Å². The molecule has 4 heterocycles. The fourth-order valence-corrected chi connectivity index (χ4v) is 9.61. The van der Waals surface area contributed by atoms with Crippen LogP contribution in [0.3, 0.4) is 0 Å². The van der Waals surface area contributed by atoms with E-state index in [9.17, 15) is 0 Å². The van der Waals surface area contributed by atoms with Gasteiger partial charge >= 0.3 is 0 Å². The minimum atomic E-state index is 0.585. The number of rotatable bonds is 5. The highest BCUT2D eigenvalue weighted by Gasteiger charge is 2.18. The number of aromatic nitrogens is 4. The molecule has 0 aliphatic rings. The molecule has 0 atom stereocenters. The molecule has 0 amide bonds. The topological polar surface area (TPSA) is 56.7 Å². The number of hydrogen-bond donors (Lipinski definition) is 0. The molecule has 6 heteroatoms. The van der Waals surface area contributed by atoms with E-state index in [1.165, 1.54) is 42.1 Å². The first-order valence-corrected chi connectivity index (χ1v) is 19.8. The third kappa shape index (κ3) is 5.12. The van der Waals surface area contributed by atoms with Crippen LogP contribution in [-0.4, -0.2) is 19.5 Å². The number of nitrogens with zero attached hydrogens (tertiary/aromatic N) is 4. The van der Waals surface area contributed by atoms with E-state index < -0.39 is 0 Å². The third-order valence-corrected chi connectivity index (χ3v) is 12.3. The van der Waals surface area contributed by atoms with E-state index in [4.69, 9.17) is 19.4 Å². The lowest BCUT2D eigenvalue weighted by Gasteiger charge is -2.10. The summed E-state index contributed by atoms with van der Waals surface area (Å²) in [7, 11) is 0. The second-order valence-corrected chi connectivity index (χ2v) is 15.4. The molecule has 0 saturated carbocycles. The van der Waals surface area contributed by atoms with Crippen molar-refractivity contribution < 1.29 is 4.42 Å². The summed E-state index contributed by atoms with van der Waals surface area (Å²) in [5, 5.41) is 7.10. The van der Waals surface area contributed by atoms with Crippen molar-refractivity contribution >= 4 is 75.3 Å². The molecule has 0 radical (unpaired) electrons. The highest BCUT2D eigenvalue weighted by molar-refractivity contribution is 7.26. The molecule has 0 aliphatic carbocycles. The first-order valence-electron chi connectivity index (χ1n) is 19.0. The largest absolute Gasteiger partial charge is 0.456 e. The second-order valence-electron chi connectivity index (χ2n) is 14.4. The Morgan fingerprint density at radius 2 is 1.02 bits per heavy atom. The van der Waals surface area contributed by atoms with Crippen LogP contribution in [0.25, 0.3) is 115 Å². The molecule has 8 aromatic carbocycles. The van der Waals surface area contributed by atoms with Crippen LogP contribution in [0, 0.1) is 0 Å². The van der Waals surface area contributed by atoms with E-state index in [1.54, 1.807) is 0 Å². The first-order chi connectivity index (χ1) is 28.2. The lowest BCUT2D eigenvalue weighted by molar-refractivity contribution is 0.669. The summed E-state index contributed by atoms with van der Waals surface area (Å²) in [5.74, 6) is 1.81. The molecule has 12 aromatic rings. The van der Waals surface area contributed by atoms with Gasteiger partial charge in [-0.15, -0.1) is 11.3 Å². The van der Waals surface area contributed by atoms with Gasteiger partial charge < -0.3 is 8.98 Å². The summed E-state index contributed by atoms with van der Waals surface area (Å²) < 4.78 is 11.5. The molecule has 0 N–H and O–H groups in total. The monoisotopic (exact) mass is 746 g/mol. The molecule has 12 rings (SSSR count). The Morgan fingerprint density at radius 1 is 0.386 bits per heavy atom. The third-order valence-electron chi connectivity index (χ3n) is 11.1. The summed E-state index contributed by atoms with van der Waals surface area (Å²) >= 11 is 1.85. The molecule has 5 nitrogen and oxygen atoms in total. The highest BCUT2D eigenvalue weighted by atomic mass is 32.1. The lowest BCUT2D eigenvalue weighted by atomic mass is 10.0. The smallest absolute Gasteiger partial charge is 0.164 e. The number of fused-ring (bicyclic) bond motifs is 9. The van der Waals surface area contributed by atoms with Gasteiger partial charge in [-0.3, -0.25) is 0 Å². The Morgan fingerprint density at radius 3 is 1.84 bits per heavy atom. The van der Waals surface area contributed by atoms with Gasteiger partial charge in [-0.25, -0.2) is 15.0 Å². The van der Waals surface area contributed by atoms with Crippen LogP contribution in [0.15, 0.2) is 186 Å². The minimum absolute atomic E-state index is 0.585. The van der Waals surface area contributed by atoms with E-state index in [-0.39, 0.29) is 0 Å². The Bertz CT molecular complexity index is 3530. The summed E-state index contributed by atoms with van der Waals surface area (Å²) in [5.41, 5.74) is 10.1. The summed E-state index contributed by atoms with van der Waals surface area (Å²) in [6, 6.07) is 63.8. The maximum atomic E-state index is 6.53. The van der Waals surface area contributed by atoms with Crippen LogP contribution in [0.2, 0.25) is 0 Å². The zero-order valence-corrected chi connectivity index (χ0v) is 31.2. The van der Waals surface area contributed by atoms with E-state index in [0.717, 1.165) is 55.3 Å². The predicted octanol–water partition coefficient (Wildman–Crippen LogP) is 13.9. The van der Waals surface area contributed by atoms with Gasteiger partial charge in [-0.1, -0.05) is 127 Å². The zero-order valence-electron chi connectivity index (χ0n) is 30.4. The Labute approximate surface area is 330 Å². The quantitative estimate of drug-likeness (QED) is 0.176. The average molecular weight is 747 g/mol. The molecule has 0 saturated heterocycles. The van der Waals surface area contributed by atoms with Crippen molar-refractivity contribution in [2.24, 2.45) is 0 Å². The molecule has 57 heavy (non-hydrogen) atoms. The Kier molecular flexibility index (Phi) is 7.03. The van der Waals surface area contributed by atoms with Crippen molar-refractivity contribution in [3.8, 4) is 51.0 Å². The average Bonchev–Trinajstić information content (AvgIpc) is 3.95. The van der Waals surface area contributed by atoms with Crippen molar-refractivity contribution in [3.05, 3.63) is 182 Å². The SMILES string of the molecule is c1ccc(-c2nc(-c3ccc4c(c3)oc3ccc(-c5cccc6c5sc5ccccc56)cc34)nc(-c3ccc4c5ccccc5n(-c5ccccc5)c4c3)n2)cc1. The lowest BCUT2D eigenvalue weighted by Crippen LogP contribution is -2.00. The van der Waals surface area contributed by atoms with E-state index >= 15 is 0 Å². The Hall–Kier alpha value is -7.41. The van der Waals surface area contributed by atoms with E-state index in [0.29, 0.717) is 17.5 Å². The van der Waals surface area contributed by atoms with Crippen LogP contribution in [0.5, 0.6) is 0 Å². The van der Waals surface area contributed by atoms with Crippen LogP contribution in [0.1, 0.15) is 0 Å². The molecule has 0 fully saturated rings. The minimum Gasteiger partial charge on any atom is -0.456 e. The maximum absolute atomic E-state index is 6.53. The molecule has 266 valence electrons. The molecule has 0 bridgehead atoms. The van der Waals surface area contributed by atoms with E-state index in [1.807, 2.05) is 47.7 Å². The fraction of sp³-hybridized carbons (Fsp3) is 0. The molecule has 0 unspecified atom stereocenters. The van der Waals surface area contributed by atoms with Crippen LogP contribution in [0.4, 0.5) is 0 Å². The van der Waals surface area contributed by atoms with E-state index in [2.05, 4.69) is 150 Å². The van der Waals surface area contributed by atoms with Crippen LogP contribution in [-0.2, 0) is 0 Å². The van der Waals surface area contributed by atoms with Gasteiger partial charge in [-0.2, -0.15) is 0 Å². The molecular weight excluding hydrogens is 717 g/mol. The van der Waals surface area contributed by atoms with Gasteiger partial charge in [-0.05, 0) is 65.7 Å². The van der Waals surface area contributed by atoms with Crippen LogP contribution < -0.4 is 0 Å². The van der Waals surface area contributed by atoms with Gasteiger partial charge in [0.05, 0.1) is 11.0 Å². The number of thiophene rings is 1. The number of para-hydroxylation sites is 2. The van der Waals surface area contributed by atoms with Gasteiger partial charge in [0, 0.05) is 64.1 Å². The van der Waals surface area contributed by atoms with Crippen molar-refractivity contribution in [2.75, 3.05) is 0 Å². The summed E-state index contributed by atoms with van der Waals surface area (Å²) in [4.78, 5) is 15.3. The second kappa shape index (κ2) is 12.6. The number of hydrogen-bond acceptors (Lipinski definition) is 5.